The number of amides is 4. The van der Waals surface area contributed by atoms with Gasteiger partial charge in [-0.25, -0.2) is 39.9 Å². The summed E-state index contributed by atoms with van der Waals surface area (Å²) >= 11 is 0. The molecule has 0 spiro atoms. The number of aliphatic hydroxyl groups is 8. The van der Waals surface area contributed by atoms with E-state index >= 15 is 0 Å². The van der Waals surface area contributed by atoms with Crippen LogP contribution in [0.1, 0.15) is 132 Å². The van der Waals surface area contributed by atoms with Gasteiger partial charge in [0.15, 0.2) is 64.7 Å². The van der Waals surface area contributed by atoms with E-state index in [0.29, 0.717) is 65.2 Å². The average Bonchev–Trinajstić information content (AvgIpc) is 1.62. The number of pyridine rings is 3. The maximum atomic E-state index is 13.4. The second kappa shape index (κ2) is 41.4. The first-order valence-electron chi connectivity index (χ1n) is 38.5. The minimum absolute atomic E-state index is 0.105. The summed E-state index contributed by atoms with van der Waals surface area (Å²) in [5, 5.41) is 93.9. The van der Waals surface area contributed by atoms with Crippen LogP contribution in [0.2, 0.25) is 0 Å². The Morgan fingerprint density at radius 3 is 1.56 bits per heavy atom. The van der Waals surface area contributed by atoms with Crippen LogP contribution in [0.4, 0.5) is 17.2 Å². The van der Waals surface area contributed by atoms with Crippen LogP contribution >= 0.6 is 0 Å². The Balaban J connectivity index is 0.000000165. The molecule has 8 aromatic heterocycles. The van der Waals surface area contributed by atoms with E-state index in [2.05, 4.69) is 71.1 Å². The lowest BCUT2D eigenvalue weighted by molar-refractivity contribution is -0.139. The molecule has 0 saturated carbocycles. The number of H-pyrrole nitrogens is 1. The molecule has 8 aromatic rings. The highest BCUT2D eigenvalue weighted by atomic mass is 16.7. The number of imidazole rings is 4. The van der Waals surface area contributed by atoms with Crippen molar-refractivity contribution in [1.82, 2.24) is 89.3 Å². The molecule has 4 fully saturated rings. The monoisotopic (exact) mass is 1640 g/mol. The largest absolute Gasteiger partial charge is 0.397 e. The molecule has 44 heteroatoms. The van der Waals surface area contributed by atoms with Gasteiger partial charge in [-0.1, -0.05) is 59.4 Å². The van der Waals surface area contributed by atoms with Crippen molar-refractivity contribution >= 4 is 86.3 Å². The van der Waals surface area contributed by atoms with Crippen LogP contribution in [0.5, 0.6) is 0 Å². The zero-order chi connectivity index (χ0) is 84.5. The van der Waals surface area contributed by atoms with Crippen molar-refractivity contribution in [2.45, 2.75) is 221 Å². The lowest BCUT2D eigenvalue weighted by Gasteiger charge is -2.35. The Bertz CT molecular complexity index is 4700. The third kappa shape index (κ3) is 20.3. The van der Waals surface area contributed by atoms with Crippen LogP contribution in [0.3, 0.4) is 0 Å². The fourth-order valence-corrected chi connectivity index (χ4v) is 14.3. The number of nitrogens with one attached hydrogen (secondary N) is 5. The van der Waals surface area contributed by atoms with E-state index in [4.69, 9.17) is 57.1 Å². The summed E-state index contributed by atoms with van der Waals surface area (Å²) in [4.78, 5) is 116. The summed E-state index contributed by atoms with van der Waals surface area (Å²) in [6, 6.07) is 0.779. The molecule has 638 valence electrons. The highest BCUT2D eigenvalue weighted by Gasteiger charge is 2.52. The van der Waals surface area contributed by atoms with Gasteiger partial charge >= 0.3 is 0 Å². The predicted octanol–water partition coefficient (Wildman–Crippen LogP) is -3.41. The number of aromatic amines is 1. The van der Waals surface area contributed by atoms with E-state index < -0.39 is 159 Å². The topological polar surface area (TPSA) is 652 Å². The minimum atomic E-state index is -1.20. The molecule has 5 aliphatic heterocycles. The number of aromatic nitrogens is 13. The maximum absolute atomic E-state index is 13.4. The van der Waals surface area contributed by atoms with Crippen LogP contribution in [0.25, 0.3) is 33.5 Å². The Hall–Kier alpha value is -9.95. The standard InChI is InChI=1S/C22H29N7O4.C19H30N6O6.C16H24N6O5.C16H23N5O5/c1-2-4-15(24)21(32)28(10-13-5-3-7-25-9-13)18-16(11-30)33-22(19(18)31)29-12-27-17-14(23)6-8-26-20(17)29;1-3-4-12(23-9-30-10-29-2)18(28)24-15-13(7-26)31-19(16(15)27)25-8-22-14-11(20)5-6-21-17(14)25;1-3-4-8(17)14(25)21-10-9(5-23)27-16(12(10)24)22-6-18-11-13(22)19-7(2)20-15(11)26;1-2-3-8(17)15(25)20-12-10(6-22)26-16(13(12)24)21-7-19-11-9(23)4-5-18-14(11)21/h3,5-9,12,15-16,18-19,22,30-31H,2,4,10-11,24H2,1H3,(H2,23,26);5-6,8,12-13,15-16,19,23,26-27H,3-4,7,9-10H2,1-2H3,(H2,20,21)(H,24,28);6,8-10,12,16,23-24H,3-5,17H2,1-2H3,(H,21,25)(H,19,20,26);5,7-8,10,12-13,16,22,24H,2-4,6,17H2,1H3,(H,20,25)/t15?,16-,18?,19+,22-;12?,13-,15?,16+,19-;8?,9-,10?,12+,16-;8?,10-,12?,13+,16-/m1111/s1. The number of methoxy groups -OCH3 is 1. The molecular weight excluding hydrogens is 1530 g/mol. The fraction of sp³-hybridized carbons (Fsp3) is 0.575. The highest BCUT2D eigenvalue weighted by molar-refractivity contribution is 6.08. The molecule has 8 unspecified atom stereocenters. The number of nitrogen functional groups attached to an aromatic ring is 2. The van der Waals surface area contributed by atoms with Gasteiger partial charge in [0, 0.05) is 51.1 Å². The number of hydrogen-bond donors (Lipinski definition) is 18. The van der Waals surface area contributed by atoms with Crippen molar-refractivity contribution in [2.24, 2.45) is 22.2 Å². The SMILES string of the molecule is CCCC(N)C(=O)N(Cc1cccnc1)C1[C@@H](CO)O[C@@H](n2cnc3c(N)ccnc32)[C@H]1O.CCCC(N)C(=O)NC1[C@@H](CO)O[C@@H](n2cnc3c(=O)[nH]c(C)nc32)[C@H]1O.CCCC(N)C(=O)NC1[C@@H](CO)O[C@@H](n2cnc3c2N=CCC3=O)[C@H]1O.CCCC(NCOCOC)C(=O)NC1[C@@H](CO)O[C@@H](n2cnc3c(N)ccnc32)[C@H]1O. The number of hydrogen-bond acceptors (Lipinski definition) is 35. The fourth-order valence-electron chi connectivity index (χ4n) is 14.3. The van der Waals surface area contributed by atoms with Crippen molar-refractivity contribution in [3.05, 3.63) is 102 Å². The Labute approximate surface area is 669 Å². The summed E-state index contributed by atoms with van der Waals surface area (Å²) in [5.74, 6) is -0.996. The number of aryl methyl sites for hydroxylation is 1. The number of Topliss-reactive ketones (excluding diaryl/α,β-unsaturated/α-hetero) is 1. The van der Waals surface area contributed by atoms with Crippen molar-refractivity contribution in [1.29, 1.82) is 0 Å². The van der Waals surface area contributed by atoms with Gasteiger partial charge in [-0.3, -0.25) is 57.3 Å². The van der Waals surface area contributed by atoms with Gasteiger partial charge in [0.2, 0.25) is 23.6 Å². The molecule has 5 aliphatic rings. The van der Waals surface area contributed by atoms with Gasteiger partial charge in [0.25, 0.3) is 5.56 Å². The number of nitrogens with two attached hydrogens (primary N) is 5. The number of carbonyl (C=O) groups excluding carboxylic acids is 5. The maximum Gasteiger partial charge on any atom is 0.279 e. The second-order valence-corrected chi connectivity index (χ2v) is 28.5. The van der Waals surface area contributed by atoms with Crippen molar-refractivity contribution in [3.8, 4) is 0 Å². The first kappa shape index (κ1) is 89.4. The summed E-state index contributed by atoms with van der Waals surface area (Å²) in [5.41, 5.74) is 33.4. The van der Waals surface area contributed by atoms with E-state index in [1.54, 1.807) is 52.8 Å². The van der Waals surface area contributed by atoms with E-state index in [-0.39, 0.29) is 73.4 Å². The Kier molecular flexibility index (Phi) is 31.7. The molecule has 23 N–H and O–H groups in total. The van der Waals surface area contributed by atoms with Crippen LogP contribution in [0.15, 0.2) is 84.1 Å². The third-order valence-corrected chi connectivity index (χ3v) is 20.3. The first-order chi connectivity index (χ1) is 56.3. The lowest BCUT2D eigenvalue weighted by Crippen LogP contribution is -2.55. The molecule has 4 saturated heterocycles. The quantitative estimate of drug-likeness (QED) is 0.0149. The lowest BCUT2D eigenvalue weighted by atomic mass is 10.0. The smallest absolute Gasteiger partial charge is 0.279 e. The number of carbonyl (C=O) groups is 5. The molecule has 117 heavy (non-hydrogen) atoms. The molecule has 44 nitrogen and oxygen atoms in total. The molecule has 0 bridgehead atoms. The number of aliphatic imine (C=N–C) groups is 1. The Morgan fingerprint density at radius 1 is 0.598 bits per heavy atom. The average molecular weight is 1640 g/mol. The molecule has 20 atom stereocenters. The van der Waals surface area contributed by atoms with Crippen LogP contribution in [-0.2, 0) is 54.1 Å². The van der Waals surface area contributed by atoms with Crippen LogP contribution in [0, 0.1) is 6.92 Å². The number of nitrogens with zero attached hydrogens (tertiary/aromatic N) is 14. The van der Waals surface area contributed by atoms with Crippen LogP contribution in [-0.4, -0.2) is 289 Å². The summed E-state index contributed by atoms with van der Waals surface area (Å²) in [6.45, 7) is 8.15. The van der Waals surface area contributed by atoms with E-state index in [0.717, 1.165) is 31.2 Å². The molecule has 0 radical (unpaired) electrons. The summed E-state index contributed by atoms with van der Waals surface area (Å²) in [7, 11) is 1.51. The first-order valence-corrected chi connectivity index (χ1v) is 38.5. The zero-order valence-corrected chi connectivity index (χ0v) is 65.5. The molecule has 0 aromatic carbocycles. The predicted molar refractivity (Wildman–Crippen MR) is 417 cm³/mol. The molecule has 13 rings (SSSR count). The second-order valence-electron chi connectivity index (χ2n) is 28.5. The van der Waals surface area contributed by atoms with Gasteiger partial charge in [-0.15, -0.1) is 0 Å². The van der Waals surface area contributed by atoms with Crippen molar-refractivity contribution in [2.75, 3.05) is 58.5 Å². The van der Waals surface area contributed by atoms with Gasteiger partial charge < -0.3 is 124 Å². The number of aliphatic hydroxyl groups excluding tert-OH is 8. The molecular formula is C73H106N24O20. The summed E-state index contributed by atoms with van der Waals surface area (Å²) < 4.78 is 39.3. The number of ether oxygens (including phenoxy) is 6. The Morgan fingerprint density at radius 2 is 1.07 bits per heavy atom. The van der Waals surface area contributed by atoms with E-state index in [1.165, 1.54) is 58.9 Å². The molecule has 13 heterocycles. The van der Waals surface area contributed by atoms with E-state index in [9.17, 15) is 69.6 Å². The van der Waals surface area contributed by atoms with E-state index in [1.807, 2.05) is 33.8 Å². The van der Waals surface area contributed by atoms with Gasteiger partial charge in [0.1, 0.15) is 72.5 Å². The number of ketones is 1. The van der Waals surface area contributed by atoms with Crippen LogP contribution < -0.4 is 55.5 Å². The van der Waals surface area contributed by atoms with Crippen molar-refractivity contribution < 1.29 is 93.2 Å². The third-order valence-electron chi connectivity index (χ3n) is 20.3. The summed E-state index contributed by atoms with van der Waals surface area (Å²) in [6.07, 6.45) is 6.93. The number of fused-ring (bicyclic) bond motifs is 4. The minimum Gasteiger partial charge on any atom is -0.397 e. The molecule has 4 amide bonds. The van der Waals surface area contributed by atoms with Gasteiger partial charge in [-0.2, -0.15) is 0 Å². The zero-order valence-electron chi connectivity index (χ0n) is 65.5. The van der Waals surface area contributed by atoms with Gasteiger partial charge in [0.05, 0.1) is 118 Å². The van der Waals surface area contributed by atoms with Crippen molar-refractivity contribution in [3.63, 3.8) is 0 Å². The molecule has 0 aliphatic carbocycles. The number of rotatable bonds is 31. The number of anilines is 2. The normalized spacial score (nSPS) is 25.7. The van der Waals surface area contributed by atoms with Gasteiger partial charge in [-0.05, 0) is 56.4 Å². The highest BCUT2D eigenvalue weighted by Crippen LogP contribution is 2.39.